The van der Waals surface area contributed by atoms with E-state index in [0.717, 1.165) is 35.5 Å². The summed E-state index contributed by atoms with van der Waals surface area (Å²) in [5.74, 6) is -1.18. The molecule has 5 nitrogen and oxygen atoms in total. The van der Waals surface area contributed by atoms with E-state index in [4.69, 9.17) is 0 Å². The fraction of sp³-hybridized carbons (Fsp3) is 0.500. The second kappa shape index (κ2) is 5.92. The fourth-order valence-corrected chi connectivity index (χ4v) is 3.48. The van der Waals surface area contributed by atoms with Crippen molar-refractivity contribution in [3.63, 3.8) is 0 Å². The van der Waals surface area contributed by atoms with Gasteiger partial charge in [-0.15, -0.1) is 11.3 Å². The predicted octanol–water partition coefficient (Wildman–Crippen LogP) is 3.01. The molecule has 9 heteroatoms. The first-order chi connectivity index (χ1) is 9.78. The number of nitrogens with one attached hydrogen (secondary N) is 2. The van der Waals surface area contributed by atoms with Crippen molar-refractivity contribution >= 4 is 28.3 Å². The van der Waals surface area contributed by atoms with Gasteiger partial charge in [-0.05, 0) is 31.2 Å². The van der Waals surface area contributed by atoms with E-state index in [1.165, 1.54) is 0 Å². The monoisotopic (exact) mass is 322 g/mol. The molecule has 0 aromatic carbocycles. The summed E-state index contributed by atoms with van der Waals surface area (Å²) in [6, 6.07) is -1.06. The summed E-state index contributed by atoms with van der Waals surface area (Å²) in [7, 11) is 0. The third-order valence-corrected chi connectivity index (χ3v) is 4.27. The van der Waals surface area contributed by atoms with Crippen LogP contribution in [0.5, 0.6) is 0 Å². The molecule has 0 saturated heterocycles. The maximum atomic E-state index is 12.0. The van der Waals surface area contributed by atoms with Crippen LogP contribution in [0.3, 0.4) is 0 Å². The molecule has 0 aliphatic heterocycles. The topological polar surface area (TPSA) is 78.4 Å². The van der Waals surface area contributed by atoms with Gasteiger partial charge in [0.1, 0.15) is 11.5 Å². The molecule has 21 heavy (non-hydrogen) atoms. The molecule has 1 aliphatic rings. The van der Waals surface area contributed by atoms with Crippen LogP contribution >= 0.6 is 11.3 Å². The van der Waals surface area contributed by atoms with Gasteiger partial charge in [0.15, 0.2) is 0 Å². The second-order valence-electron chi connectivity index (χ2n) is 4.64. The van der Waals surface area contributed by atoms with Gasteiger partial charge >= 0.3 is 18.2 Å². The Morgan fingerprint density at radius 1 is 1.24 bits per heavy atom. The zero-order chi connectivity index (χ0) is 15.6. The number of hydrogen-bond donors (Lipinski definition) is 3. The average Bonchev–Trinajstić information content (AvgIpc) is 2.73. The number of rotatable bonds is 3. The van der Waals surface area contributed by atoms with E-state index in [9.17, 15) is 27.9 Å². The highest BCUT2D eigenvalue weighted by atomic mass is 32.1. The Labute approximate surface area is 122 Å². The number of urea groups is 1. The van der Waals surface area contributed by atoms with Crippen LogP contribution in [-0.4, -0.2) is 29.8 Å². The molecular formula is C12H13F3N2O3S. The lowest BCUT2D eigenvalue weighted by atomic mass is 9.95. The van der Waals surface area contributed by atoms with Gasteiger partial charge in [0, 0.05) is 4.88 Å². The normalized spacial score (nSPS) is 14.4. The number of carbonyl (C=O) groups excluding carboxylic acids is 1. The number of aryl methyl sites for hydroxylation is 1. The minimum Gasteiger partial charge on any atom is -0.478 e. The van der Waals surface area contributed by atoms with Crippen molar-refractivity contribution in [1.82, 2.24) is 5.32 Å². The molecule has 0 atom stereocenters. The van der Waals surface area contributed by atoms with Crippen LogP contribution in [0.15, 0.2) is 0 Å². The number of amides is 2. The number of halogens is 3. The van der Waals surface area contributed by atoms with Crippen LogP contribution in [-0.2, 0) is 12.8 Å². The molecule has 1 aliphatic carbocycles. The maximum absolute atomic E-state index is 12.0. The lowest BCUT2D eigenvalue weighted by Crippen LogP contribution is -2.36. The van der Waals surface area contributed by atoms with Crippen molar-refractivity contribution in [2.24, 2.45) is 0 Å². The number of alkyl halides is 3. The van der Waals surface area contributed by atoms with Gasteiger partial charge in [-0.3, -0.25) is 5.32 Å². The lowest BCUT2D eigenvalue weighted by Gasteiger charge is -2.11. The van der Waals surface area contributed by atoms with Gasteiger partial charge in [0.05, 0.1) is 5.56 Å². The quantitative estimate of drug-likeness (QED) is 0.800. The van der Waals surface area contributed by atoms with Crippen LogP contribution in [0.1, 0.15) is 33.6 Å². The highest BCUT2D eigenvalue weighted by molar-refractivity contribution is 7.17. The number of carboxylic acid groups (broad SMARTS) is 1. The number of thiophene rings is 1. The predicted molar refractivity (Wildman–Crippen MR) is 71.0 cm³/mol. The Morgan fingerprint density at radius 3 is 2.52 bits per heavy atom. The minimum atomic E-state index is -4.51. The van der Waals surface area contributed by atoms with Gasteiger partial charge in [-0.2, -0.15) is 13.2 Å². The molecule has 2 rings (SSSR count). The van der Waals surface area contributed by atoms with Crippen molar-refractivity contribution in [3.8, 4) is 0 Å². The van der Waals surface area contributed by atoms with E-state index in [1.807, 2.05) is 0 Å². The van der Waals surface area contributed by atoms with Crippen LogP contribution in [0, 0.1) is 0 Å². The Bertz CT molecular complexity index is 569. The number of aromatic carboxylic acids is 1. The van der Waals surface area contributed by atoms with Crippen molar-refractivity contribution in [1.29, 1.82) is 0 Å². The first kappa shape index (κ1) is 15.6. The highest BCUT2D eigenvalue weighted by Crippen LogP contribution is 2.38. The van der Waals surface area contributed by atoms with Gasteiger partial charge in [0.2, 0.25) is 0 Å². The van der Waals surface area contributed by atoms with E-state index in [0.29, 0.717) is 12.0 Å². The maximum Gasteiger partial charge on any atom is 0.405 e. The van der Waals surface area contributed by atoms with Gasteiger partial charge < -0.3 is 10.4 Å². The highest BCUT2D eigenvalue weighted by Gasteiger charge is 2.29. The van der Waals surface area contributed by atoms with Gasteiger partial charge in [-0.1, -0.05) is 0 Å². The minimum absolute atomic E-state index is 0.00291. The molecular weight excluding hydrogens is 309 g/mol. The smallest absolute Gasteiger partial charge is 0.405 e. The molecule has 116 valence electrons. The summed E-state index contributed by atoms with van der Waals surface area (Å²) < 4.78 is 36.0. The van der Waals surface area contributed by atoms with Crippen LogP contribution in [0.4, 0.5) is 23.0 Å². The van der Waals surface area contributed by atoms with Crippen LogP contribution in [0.2, 0.25) is 0 Å². The van der Waals surface area contributed by atoms with Crippen molar-refractivity contribution in [2.45, 2.75) is 31.9 Å². The van der Waals surface area contributed by atoms with Gasteiger partial charge in [-0.25, -0.2) is 9.59 Å². The first-order valence-electron chi connectivity index (χ1n) is 6.27. The molecule has 0 unspecified atom stereocenters. The zero-order valence-corrected chi connectivity index (χ0v) is 11.7. The summed E-state index contributed by atoms with van der Waals surface area (Å²) in [6.07, 6.45) is -1.37. The number of carbonyl (C=O) groups is 2. The van der Waals surface area contributed by atoms with Crippen LogP contribution in [0.25, 0.3) is 0 Å². The Hall–Kier alpha value is -1.77. The average molecular weight is 322 g/mol. The lowest BCUT2D eigenvalue weighted by molar-refractivity contribution is -0.122. The largest absolute Gasteiger partial charge is 0.478 e. The number of hydrogen-bond acceptors (Lipinski definition) is 3. The van der Waals surface area contributed by atoms with Crippen molar-refractivity contribution in [3.05, 3.63) is 16.0 Å². The first-order valence-corrected chi connectivity index (χ1v) is 7.09. The molecule has 0 spiro atoms. The number of carboxylic acids is 1. The summed E-state index contributed by atoms with van der Waals surface area (Å²) in [5, 5.41) is 13.2. The molecule has 0 bridgehead atoms. The fourth-order valence-electron chi connectivity index (χ4n) is 2.21. The molecule has 0 saturated carbocycles. The molecule has 1 aromatic rings. The number of fused-ring (bicyclic) bond motifs is 1. The molecule has 1 aromatic heterocycles. The molecule has 0 radical (unpaired) electrons. The second-order valence-corrected chi connectivity index (χ2v) is 5.75. The summed E-state index contributed by atoms with van der Waals surface area (Å²) in [6.45, 7) is -1.47. The molecule has 1 heterocycles. The third kappa shape index (κ3) is 3.87. The molecule has 2 amide bonds. The zero-order valence-electron chi connectivity index (χ0n) is 10.8. The van der Waals surface area contributed by atoms with Gasteiger partial charge in [0.25, 0.3) is 0 Å². The molecule has 3 N–H and O–H groups in total. The third-order valence-electron chi connectivity index (χ3n) is 3.06. The molecule has 0 fully saturated rings. The van der Waals surface area contributed by atoms with E-state index in [2.05, 4.69) is 5.32 Å². The Balaban J connectivity index is 2.14. The van der Waals surface area contributed by atoms with E-state index in [1.54, 1.807) is 5.32 Å². The van der Waals surface area contributed by atoms with E-state index >= 15 is 0 Å². The Morgan fingerprint density at radius 2 is 1.90 bits per heavy atom. The summed E-state index contributed by atoms with van der Waals surface area (Å²) in [5.41, 5.74) is 0.682. The standard InChI is InChI=1S/C12H13F3N2O3S/c13-12(14,15)5-16-11(20)17-9-8(10(18)19)6-3-1-2-4-7(6)21-9/h1-5H2,(H,18,19)(H2,16,17,20). The van der Waals surface area contributed by atoms with E-state index < -0.39 is 24.7 Å². The van der Waals surface area contributed by atoms with Crippen LogP contribution < -0.4 is 10.6 Å². The summed E-state index contributed by atoms with van der Waals surface area (Å²) in [4.78, 5) is 23.6. The summed E-state index contributed by atoms with van der Waals surface area (Å²) >= 11 is 1.12. The SMILES string of the molecule is O=C(NCC(F)(F)F)Nc1sc2c(c1C(=O)O)CCCC2. The van der Waals surface area contributed by atoms with E-state index in [-0.39, 0.29) is 10.6 Å². The number of anilines is 1. The van der Waals surface area contributed by atoms with Crippen molar-refractivity contribution < 1.29 is 27.9 Å². The van der Waals surface area contributed by atoms with Crippen molar-refractivity contribution in [2.75, 3.05) is 11.9 Å². The Kier molecular flexibility index (Phi) is 4.40.